The Morgan fingerprint density at radius 2 is 2.38 bits per heavy atom. The van der Waals surface area contributed by atoms with Gasteiger partial charge in [0.05, 0.1) is 17.6 Å². The number of carbonyl (C=O) groups is 1. The number of rotatable bonds is 8. The molecule has 1 atom stereocenters. The van der Waals surface area contributed by atoms with Crippen LogP contribution in [0.2, 0.25) is 0 Å². The molecule has 0 saturated heterocycles. The number of imidazole rings is 1. The number of thioether (sulfide) groups is 1. The Balaban J connectivity index is 1.98. The Bertz CT molecular complexity index is 615. The lowest BCUT2D eigenvalue weighted by Crippen LogP contribution is -2.34. The third kappa shape index (κ3) is 4.12. The molecule has 1 heterocycles. The van der Waals surface area contributed by atoms with E-state index in [0.29, 0.717) is 18.8 Å². The van der Waals surface area contributed by atoms with Crippen molar-refractivity contribution in [3.05, 3.63) is 18.2 Å². The summed E-state index contributed by atoms with van der Waals surface area (Å²) in [6.45, 7) is 2.57. The van der Waals surface area contributed by atoms with E-state index in [-0.39, 0.29) is 0 Å². The predicted molar refractivity (Wildman–Crippen MR) is 83.1 cm³/mol. The first kappa shape index (κ1) is 15.7. The topological polar surface area (TPSA) is 87.2 Å². The number of H-pyrrole nitrogens is 1. The molecule has 0 aliphatic heterocycles. The molecule has 0 aliphatic carbocycles. The number of fused-ring (bicyclic) bond motifs is 1. The second-order valence-corrected chi connectivity index (χ2v) is 5.55. The molecule has 0 bridgehead atoms. The molecule has 0 amide bonds. The second-order valence-electron chi connectivity index (χ2n) is 4.47. The molecule has 114 valence electrons. The number of hydrogen-bond acceptors (Lipinski definition) is 5. The van der Waals surface area contributed by atoms with Crippen molar-refractivity contribution in [3.63, 3.8) is 0 Å². The van der Waals surface area contributed by atoms with Crippen molar-refractivity contribution < 1.29 is 14.6 Å². The summed E-state index contributed by atoms with van der Waals surface area (Å²) >= 11 is 1.52. The van der Waals surface area contributed by atoms with E-state index in [0.717, 1.165) is 21.9 Å². The quantitative estimate of drug-likeness (QED) is 0.647. The maximum absolute atomic E-state index is 10.9. The zero-order valence-electron chi connectivity index (χ0n) is 12.0. The van der Waals surface area contributed by atoms with Crippen molar-refractivity contribution in [1.29, 1.82) is 0 Å². The van der Waals surface area contributed by atoms with Crippen LogP contribution in [-0.2, 0) is 4.79 Å². The molecule has 0 spiro atoms. The van der Waals surface area contributed by atoms with Gasteiger partial charge in [-0.25, -0.2) is 4.98 Å². The molecule has 0 aliphatic rings. The highest BCUT2D eigenvalue weighted by atomic mass is 32.2. The van der Waals surface area contributed by atoms with E-state index in [2.05, 4.69) is 15.3 Å². The number of aromatic amines is 1. The van der Waals surface area contributed by atoms with Gasteiger partial charge in [-0.1, -0.05) is 11.8 Å². The Hall–Kier alpha value is -1.73. The molecule has 1 aromatic carbocycles. The average molecular weight is 309 g/mol. The summed E-state index contributed by atoms with van der Waals surface area (Å²) in [7, 11) is 1.65. The molecule has 0 saturated carbocycles. The van der Waals surface area contributed by atoms with E-state index in [1.165, 1.54) is 11.8 Å². The van der Waals surface area contributed by atoms with Crippen LogP contribution in [-0.4, -0.2) is 46.5 Å². The number of likely N-dealkylation sites (N-methyl/N-ethyl adjacent to an activating group) is 1. The summed E-state index contributed by atoms with van der Waals surface area (Å²) in [6, 6.07) is 5.20. The highest BCUT2D eigenvalue weighted by Gasteiger charge is 2.14. The van der Waals surface area contributed by atoms with E-state index in [4.69, 9.17) is 9.84 Å². The summed E-state index contributed by atoms with van der Waals surface area (Å²) in [5.74, 6) is 0.658. The summed E-state index contributed by atoms with van der Waals surface area (Å²) in [5, 5.41) is 12.5. The predicted octanol–water partition coefficient (Wildman–Crippen LogP) is 2.12. The van der Waals surface area contributed by atoms with E-state index in [1.54, 1.807) is 7.05 Å². The normalized spacial score (nSPS) is 12.5. The molecule has 21 heavy (non-hydrogen) atoms. The lowest BCUT2D eigenvalue weighted by Gasteiger charge is -2.09. The number of carboxylic acids is 1. The minimum absolute atomic E-state index is 0.522. The van der Waals surface area contributed by atoms with Gasteiger partial charge in [0.2, 0.25) is 0 Å². The van der Waals surface area contributed by atoms with Crippen LogP contribution in [0.1, 0.15) is 13.3 Å². The number of nitrogens with one attached hydrogen (secondary N) is 2. The average Bonchev–Trinajstić information content (AvgIpc) is 2.85. The monoisotopic (exact) mass is 309 g/mol. The van der Waals surface area contributed by atoms with Gasteiger partial charge in [-0.15, -0.1) is 0 Å². The van der Waals surface area contributed by atoms with Crippen molar-refractivity contribution in [2.24, 2.45) is 0 Å². The van der Waals surface area contributed by atoms with E-state index >= 15 is 0 Å². The number of benzene rings is 1. The summed E-state index contributed by atoms with van der Waals surface area (Å²) in [6.07, 6.45) is 0.539. The van der Waals surface area contributed by atoms with Gasteiger partial charge in [-0.2, -0.15) is 0 Å². The van der Waals surface area contributed by atoms with Gasteiger partial charge in [0, 0.05) is 11.8 Å². The van der Waals surface area contributed by atoms with Gasteiger partial charge >= 0.3 is 5.97 Å². The summed E-state index contributed by atoms with van der Waals surface area (Å²) in [5.41, 5.74) is 1.80. The largest absolute Gasteiger partial charge is 0.494 e. The van der Waals surface area contributed by atoms with Crippen molar-refractivity contribution in [3.8, 4) is 5.75 Å². The highest BCUT2D eigenvalue weighted by Crippen LogP contribution is 2.23. The van der Waals surface area contributed by atoms with Crippen molar-refractivity contribution in [2.75, 3.05) is 19.4 Å². The number of nitrogens with zero attached hydrogens (tertiary/aromatic N) is 1. The van der Waals surface area contributed by atoms with E-state index in [1.807, 2.05) is 25.1 Å². The lowest BCUT2D eigenvalue weighted by molar-refractivity contribution is -0.139. The standard InChI is InChI=1S/C14H19N3O3S/c1-3-20-9-4-5-10-12(8-9)17-14(16-10)21-7-6-11(15-2)13(18)19/h4-5,8,11,15H,3,6-7H2,1-2H3,(H,16,17)(H,18,19). The number of aliphatic carboxylic acids is 1. The van der Waals surface area contributed by atoms with Gasteiger partial charge in [-0.05, 0) is 32.5 Å². The lowest BCUT2D eigenvalue weighted by atomic mass is 10.2. The molecule has 2 aromatic rings. The number of aromatic nitrogens is 2. The first-order valence-electron chi connectivity index (χ1n) is 6.79. The second kappa shape index (κ2) is 7.33. The van der Waals surface area contributed by atoms with Crippen LogP contribution in [0.15, 0.2) is 23.4 Å². The van der Waals surface area contributed by atoms with Crippen LogP contribution in [0.4, 0.5) is 0 Å². The highest BCUT2D eigenvalue weighted by molar-refractivity contribution is 7.99. The number of carboxylic acid groups (broad SMARTS) is 1. The van der Waals surface area contributed by atoms with Crippen LogP contribution < -0.4 is 10.1 Å². The fraction of sp³-hybridized carbons (Fsp3) is 0.429. The van der Waals surface area contributed by atoms with Crippen LogP contribution in [0.5, 0.6) is 5.75 Å². The van der Waals surface area contributed by atoms with Crippen LogP contribution in [0, 0.1) is 0 Å². The number of ether oxygens (including phenoxy) is 1. The maximum atomic E-state index is 10.9. The van der Waals surface area contributed by atoms with Crippen molar-refractivity contribution >= 4 is 28.8 Å². The van der Waals surface area contributed by atoms with Crippen LogP contribution in [0.25, 0.3) is 11.0 Å². The van der Waals surface area contributed by atoms with Crippen molar-refractivity contribution in [1.82, 2.24) is 15.3 Å². The first-order valence-corrected chi connectivity index (χ1v) is 7.78. The fourth-order valence-electron chi connectivity index (χ4n) is 1.95. The van der Waals surface area contributed by atoms with E-state index in [9.17, 15) is 4.79 Å². The molecular weight excluding hydrogens is 290 g/mol. The SMILES string of the molecule is CCOc1ccc2nc(SCCC(NC)C(=O)O)[nH]c2c1. The Morgan fingerprint density at radius 1 is 1.57 bits per heavy atom. The maximum Gasteiger partial charge on any atom is 0.320 e. The van der Waals surface area contributed by atoms with Gasteiger partial charge < -0.3 is 20.1 Å². The molecule has 0 fully saturated rings. The van der Waals surface area contributed by atoms with Crippen LogP contribution >= 0.6 is 11.8 Å². The zero-order chi connectivity index (χ0) is 15.2. The minimum Gasteiger partial charge on any atom is -0.494 e. The molecule has 6 nitrogen and oxygen atoms in total. The third-order valence-corrected chi connectivity index (χ3v) is 3.94. The van der Waals surface area contributed by atoms with Gasteiger partial charge in [-0.3, -0.25) is 4.79 Å². The van der Waals surface area contributed by atoms with Gasteiger partial charge in [0.1, 0.15) is 11.8 Å². The minimum atomic E-state index is -0.830. The smallest absolute Gasteiger partial charge is 0.320 e. The Morgan fingerprint density at radius 3 is 3.05 bits per heavy atom. The molecule has 2 rings (SSSR count). The van der Waals surface area contributed by atoms with E-state index < -0.39 is 12.0 Å². The number of hydrogen-bond donors (Lipinski definition) is 3. The molecule has 3 N–H and O–H groups in total. The fourth-order valence-corrected chi connectivity index (χ4v) is 2.85. The third-order valence-electron chi connectivity index (χ3n) is 3.03. The van der Waals surface area contributed by atoms with Crippen molar-refractivity contribution in [2.45, 2.75) is 24.5 Å². The molecule has 1 aromatic heterocycles. The molecule has 7 heteroatoms. The summed E-state index contributed by atoms with van der Waals surface area (Å²) < 4.78 is 5.45. The summed E-state index contributed by atoms with van der Waals surface area (Å²) in [4.78, 5) is 18.6. The zero-order valence-corrected chi connectivity index (χ0v) is 12.9. The Labute approximate surface area is 127 Å². The van der Waals surface area contributed by atoms with Crippen LogP contribution in [0.3, 0.4) is 0 Å². The Kier molecular flexibility index (Phi) is 5.46. The first-order chi connectivity index (χ1) is 10.1. The molecule has 1 unspecified atom stereocenters. The molecular formula is C14H19N3O3S. The van der Waals surface area contributed by atoms with Gasteiger partial charge in [0.15, 0.2) is 5.16 Å². The molecule has 0 radical (unpaired) electrons. The van der Waals surface area contributed by atoms with Gasteiger partial charge in [0.25, 0.3) is 0 Å².